The Morgan fingerprint density at radius 3 is 1.92 bits per heavy atom. The number of rotatable bonds is 8. The van der Waals surface area contributed by atoms with Crippen LogP contribution >= 0.6 is 11.8 Å². The number of ether oxygens (including phenoxy) is 8. The Kier molecular flexibility index (Phi) is 9.55. The maximum absolute atomic E-state index is 12.0. The van der Waals surface area contributed by atoms with Crippen molar-refractivity contribution in [3.05, 3.63) is 0 Å². The Balaban J connectivity index is 1.91. The van der Waals surface area contributed by atoms with Gasteiger partial charge in [-0.1, -0.05) is 0 Å². The zero-order chi connectivity index (χ0) is 26.6. The molecule has 3 fully saturated rings. The summed E-state index contributed by atoms with van der Waals surface area (Å²) in [5.41, 5.74) is -0.988. The van der Waals surface area contributed by atoms with Crippen LogP contribution in [0.4, 0.5) is 0 Å². The van der Waals surface area contributed by atoms with Crippen molar-refractivity contribution in [3.8, 4) is 0 Å². The van der Waals surface area contributed by atoms with Crippen molar-refractivity contribution in [3.63, 3.8) is 0 Å². The van der Waals surface area contributed by atoms with Gasteiger partial charge in [-0.15, -0.1) is 11.8 Å². The number of carbonyl (C=O) groups is 5. The molecule has 0 N–H and O–H groups in total. The van der Waals surface area contributed by atoms with Crippen LogP contribution in [-0.2, 0) is 61.9 Å². The Hall–Kier alpha value is -2.42. The summed E-state index contributed by atoms with van der Waals surface area (Å²) in [4.78, 5) is 58.8. The fraction of sp³-hybridized carbons (Fsp3) is 0.773. The quantitative estimate of drug-likeness (QED) is 0.308. The van der Waals surface area contributed by atoms with E-state index in [9.17, 15) is 24.0 Å². The molecule has 202 valence electrons. The van der Waals surface area contributed by atoms with Crippen LogP contribution in [0.3, 0.4) is 0 Å². The highest BCUT2D eigenvalue weighted by molar-refractivity contribution is 8.00. The summed E-state index contributed by atoms with van der Waals surface area (Å²) < 4.78 is 44.5. The Morgan fingerprint density at radius 2 is 1.33 bits per heavy atom. The molecule has 36 heavy (non-hydrogen) atoms. The van der Waals surface area contributed by atoms with Gasteiger partial charge in [0.2, 0.25) is 0 Å². The van der Waals surface area contributed by atoms with E-state index < -0.39 is 83.4 Å². The zero-order valence-corrected chi connectivity index (χ0v) is 21.3. The van der Waals surface area contributed by atoms with Crippen molar-refractivity contribution in [2.24, 2.45) is 0 Å². The van der Waals surface area contributed by atoms with Gasteiger partial charge in [0.05, 0.1) is 11.9 Å². The number of carbonyl (C=O) groups excluding carboxylic acids is 5. The zero-order valence-electron chi connectivity index (χ0n) is 20.5. The standard InChI is InChI=1S/C22H30O13S/c1-9(23)28-8-16-18(31-11(3)25)19(32-12(4)26)20(33-13(5)27)22(35-16)36-17-6-14(30-10(2)24)15-7-29-21(17)34-15/h14-22H,6-8H2,1-5H3/t14-,15+,16+,17+,18+,19-,20+,21+,22-/m0/s1. The molecule has 3 saturated heterocycles. The lowest BCUT2D eigenvalue weighted by Gasteiger charge is -2.45. The first-order valence-electron chi connectivity index (χ1n) is 11.3. The summed E-state index contributed by atoms with van der Waals surface area (Å²) in [6, 6.07) is 0. The maximum Gasteiger partial charge on any atom is 0.303 e. The molecule has 13 nitrogen and oxygen atoms in total. The molecule has 9 atom stereocenters. The van der Waals surface area contributed by atoms with Gasteiger partial charge < -0.3 is 37.9 Å². The Bertz CT molecular complexity index is 863. The molecule has 0 aromatic rings. The summed E-state index contributed by atoms with van der Waals surface area (Å²) >= 11 is 1.16. The first kappa shape index (κ1) is 28.2. The monoisotopic (exact) mass is 534 g/mol. The lowest BCUT2D eigenvalue weighted by molar-refractivity contribution is -0.237. The average molecular weight is 535 g/mol. The molecule has 0 amide bonds. The van der Waals surface area contributed by atoms with Crippen LogP contribution in [0.2, 0.25) is 0 Å². The van der Waals surface area contributed by atoms with Gasteiger partial charge in [-0.25, -0.2) is 0 Å². The maximum atomic E-state index is 12.0. The molecule has 0 aliphatic carbocycles. The number of thioether (sulfide) groups is 1. The lowest BCUT2D eigenvalue weighted by Crippen LogP contribution is -2.62. The first-order valence-corrected chi connectivity index (χ1v) is 12.3. The molecular weight excluding hydrogens is 504 g/mol. The van der Waals surface area contributed by atoms with Crippen molar-refractivity contribution in [1.82, 2.24) is 0 Å². The molecule has 0 spiro atoms. The van der Waals surface area contributed by atoms with E-state index in [0.29, 0.717) is 6.42 Å². The third-order valence-electron chi connectivity index (χ3n) is 5.49. The summed E-state index contributed by atoms with van der Waals surface area (Å²) in [6.07, 6.45) is -6.05. The van der Waals surface area contributed by atoms with Crippen molar-refractivity contribution >= 4 is 41.6 Å². The second kappa shape index (κ2) is 12.2. The molecule has 2 bridgehead atoms. The summed E-state index contributed by atoms with van der Waals surface area (Å²) in [5.74, 6) is -3.20. The Labute approximate surface area is 211 Å². The van der Waals surface area contributed by atoms with Crippen LogP contribution in [0.15, 0.2) is 0 Å². The van der Waals surface area contributed by atoms with Crippen LogP contribution in [0.1, 0.15) is 41.0 Å². The van der Waals surface area contributed by atoms with Crippen molar-refractivity contribution in [1.29, 1.82) is 0 Å². The molecule has 0 saturated carbocycles. The summed E-state index contributed by atoms with van der Waals surface area (Å²) in [6.45, 7) is 5.88. The second-order valence-corrected chi connectivity index (χ2v) is 9.84. The molecule has 3 rings (SSSR count). The van der Waals surface area contributed by atoms with Gasteiger partial charge in [0.25, 0.3) is 0 Å². The third kappa shape index (κ3) is 7.31. The van der Waals surface area contributed by atoms with Crippen molar-refractivity contribution in [2.45, 2.75) is 94.6 Å². The largest absolute Gasteiger partial charge is 0.463 e. The lowest BCUT2D eigenvalue weighted by atomic mass is 9.99. The topological polar surface area (TPSA) is 159 Å². The van der Waals surface area contributed by atoms with E-state index in [1.165, 1.54) is 20.8 Å². The molecule has 0 aromatic heterocycles. The predicted octanol–water partition coefficient (Wildman–Crippen LogP) is 0.248. The summed E-state index contributed by atoms with van der Waals surface area (Å²) in [5, 5.41) is -0.436. The molecule has 0 radical (unpaired) electrons. The fourth-order valence-corrected chi connectivity index (χ4v) is 5.74. The van der Waals surface area contributed by atoms with Crippen LogP contribution < -0.4 is 0 Å². The predicted molar refractivity (Wildman–Crippen MR) is 118 cm³/mol. The molecule has 3 heterocycles. The van der Waals surface area contributed by atoms with Gasteiger partial charge >= 0.3 is 29.8 Å². The third-order valence-corrected chi connectivity index (χ3v) is 6.90. The van der Waals surface area contributed by atoms with E-state index in [2.05, 4.69) is 0 Å². The highest BCUT2D eigenvalue weighted by Gasteiger charge is 2.55. The van der Waals surface area contributed by atoms with Gasteiger partial charge in [0, 0.05) is 41.0 Å². The molecule has 0 aromatic carbocycles. The van der Waals surface area contributed by atoms with Crippen LogP contribution in [0.5, 0.6) is 0 Å². The van der Waals surface area contributed by atoms with Crippen LogP contribution in [0.25, 0.3) is 0 Å². The number of hydrogen-bond acceptors (Lipinski definition) is 14. The van der Waals surface area contributed by atoms with Gasteiger partial charge in [-0.3, -0.25) is 24.0 Å². The van der Waals surface area contributed by atoms with Gasteiger partial charge in [0.1, 0.15) is 30.4 Å². The minimum absolute atomic E-state index is 0.234. The van der Waals surface area contributed by atoms with Gasteiger partial charge in [-0.2, -0.15) is 0 Å². The molecule has 14 heteroatoms. The minimum Gasteiger partial charge on any atom is -0.463 e. The molecular formula is C22H30O13S. The smallest absolute Gasteiger partial charge is 0.303 e. The van der Waals surface area contributed by atoms with E-state index >= 15 is 0 Å². The highest BCUT2D eigenvalue weighted by Crippen LogP contribution is 2.42. The first-order chi connectivity index (χ1) is 16.9. The molecule has 3 aliphatic rings. The molecule has 3 aliphatic heterocycles. The Morgan fingerprint density at radius 1 is 0.750 bits per heavy atom. The van der Waals surface area contributed by atoms with Crippen LogP contribution in [0, 0.1) is 0 Å². The second-order valence-electron chi connectivity index (χ2n) is 8.50. The summed E-state index contributed by atoms with van der Waals surface area (Å²) in [7, 11) is 0. The fourth-order valence-electron chi connectivity index (χ4n) is 4.25. The van der Waals surface area contributed by atoms with Gasteiger partial charge in [-0.05, 0) is 0 Å². The van der Waals surface area contributed by atoms with E-state index in [-0.39, 0.29) is 13.2 Å². The van der Waals surface area contributed by atoms with E-state index in [4.69, 9.17) is 37.9 Å². The molecule has 0 unspecified atom stereocenters. The van der Waals surface area contributed by atoms with Gasteiger partial charge in [0.15, 0.2) is 24.6 Å². The van der Waals surface area contributed by atoms with E-state index in [1.807, 2.05) is 0 Å². The number of fused-ring (bicyclic) bond motifs is 2. The highest BCUT2D eigenvalue weighted by atomic mass is 32.2. The van der Waals surface area contributed by atoms with Crippen molar-refractivity contribution < 1.29 is 61.9 Å². The SMILES string of the molecule is CC(=O)OC[C@H]1O[C@@H](S[C@@H]2C[C@H](OC(C)=O)[C@H]3CO[C@@H]2O3)[C@H](OC(C)=O)[C@@H](OC(C)=O)[C@@H]1OC(C)=O. The van der Waals surface area contributed by atoms with Crippen molar-refractivity contribution in [2.75, 3.05) is 13.2 Å². The van der Waals surface area contributed by atoms with E-state index in [1.54, 1.807) is 0 Å². The average Bonchev–Trinajstić information content (AvgIpc) is 3.18. The number of hydrogen-bond donors (Lipinski definition) is 0. The minimum atomic E-state index is -1.27. The van der Waals surface area contributed by atoms with E-state index in [0.717, 1.165) is 25.6 Å². The number of esters is 5. The normalized spacial score (nSPS) is 35.3. The van der Waals surface area contributed by atoms with Crippen LogP contribution in [-0.4, -0.2) is 96.7 Å².